The lowest BCUT2D eigenvalue weighted by molar-refractivity contribution is -0.126. The van der Waals surface area contributed by atoms with Gasteiger partial charge >= 0.3 is 0 Å². The first-order chi connectivity index (χ1) is 13.7. The maximum absolute atomic E-state index is 12.4. The second kappa shape index (κ2) is 9.93. The minimum absolute atomic E-state index is 0.0112. The Labute approximate surface area is 166 Å². The summed E-state index contributed by atoms with van der Waals surface area (Å²) in [6.07, 6.45) is 3.16. The van der Waals surface area contributed by atoms with Crippen LogP contribution < -0.4 is 15.0 Å². The van der Waals surface area contributed by atoms with Crippen molar-refractivity contribution in [3.63, 3.8) is 0 Å². The van der Waals surface area contributed by atoms with Crippen LogP contribution in [0.15, 0.2) is 54.6 Å². The van der Waals surface area contributed by atoms with Crippen LogP contribution in [0.25, 0.3) is 0 Å². The predicted molar refractivity (Wildman–Crippen MR) is 110 cm³/mol. The van der Waals surface area contributed by atoms with Gasteiger partial charge in [-0.25, -0.2) is 0 Å². The Bertz CT molecular complexity index is 774. The fraction of sp³-hybridized carbons (Fsp3) is 0.391. The van der Waals surface area contributed by atoms with Crippen LogP contribution in [-0.4, -0.2) is 31.5 Å². The summed E-state index contributed by atoms with van der Waals surface area (Å²) in [6, 6.07) is 17.6. The number of ether oxygens (including phenoxy) is 1. The molecule has 2 aromatic rings. The van der Waals surface area contributed by atoms with E-state index in [4.69, 9.17) is 4.74 Å². The highest BCUT2D eigenvalue weighted by Crippen LogP contribution is 2.27. The molecular formula is C23H28N2O3. The number of rotatable bonds is 9. The average Bonchev–Trinajstić information content (AvgIpc) is 3.11. The summed E-state index contributed by atoms with van der Waals surface area (Å²) in [5.41, 5.74) is 2.00. The van der Waals surface area contributed by atoms with Crippen molar-refractivity contribution in [1.29, 1.82) is 0 Å². The number of benzene rings is 2. The molecule has 1 aliphatic rings. The first-order valence-electron chi connectivity index (χ1n) is 10.0. The molecule has 1 unspecified atom stereocenters. The number of nitrogens with zero attached hydrogens (tertiary/aromatic N) is 1. The van der Waals surface area contributed by atoms with Crippen LogP contribution >= 0.6 is 0 Å². The largest absolute Gasteiger partial charge is 0.494 e. The second-order valence-corrected chi connectivity index (χ2v) is 7.13. The third-order valence-electron chi connectivity index (χ3n) is 4.97. The van der Waals surface area contributed by atoms with Gasteiger partial charge in [-0.1, -0.05) is 43.7 Å². The third-order valence-corrected chi connectivity index (χ3v) is 4.97. The highest BCUT2D eigenvalue weighted by atomic mass is 16.5. The highest BCUT2D eigenvalue weighted by molar-refractivity contribution is 6.00. The maximum Gasteiger partial charge on any atom is 0.227 e. The summed E-state index contributed by atoms with van der Waals surface area (Å²) < 4.78 is 5.66. The van der Waals surface area contributed by atoms with E-state index in [0.717, 1.165) is 30.7 Å². The molecule has 0 spiro atoms. The molecule has 1 heterocycles. The van der Waals surface area contributed by atoms with E-state index in [0.29, 0.717) is 19.7 Å². The Morgan fingerprint density at radius 2 is 1.89 bits per heavy atom. The number of hydrogen-bond donors (Lipinski definition) is 1. The van der Waals surface area contributed by atoms with Crippen molar-refractivity contribution in [2.75, 3.05) is 24.6 Å². The van der Waals surface area contributed by atoms with Gasteiger partial charge in [-0.15, -0.1) is 0 Å². The van der Waals surface area contributed by atoms with Crippen LogP contribution in [0.1, 0.15) is 31.7 Å². The Hall–Kier alpha value is -2.82. The fourth-order valence-corrected chi connectivity index (χ4v) is 3.31. The van der Waals surface area contributed by atoms with Crippen molar-refractivity contribution in [3.05, 3.63) is 60.2 Å². The number of hydrogen-bond acceptors (Lipinski definition) is 3. The molecule has 1 aliphatic heterocycles. The minimum atomic E-state index is -0.302. The molecule has 0 aromatic heterocycles. The van der Waals surface area contributed by atoms with Crippen molar-refractivity contribution in [2.45, 2.75) is 32.6 Å². The van der Waals surface area contributed by atoms with Gasteiger partial charge in [0.1, 0.15) is 5.75 Å². The quantitative estimate of drug-likeness (QED) is 0.677. The Morgan fingerprint density at radius 3 is 2.61 bits per heavy atom. The van der Waals surface area contributed by atoms with Crippen molar-refractivity contribution in [2.24, 2.45) is 5.92 Å². The molecule has 148 valence electrons. The van der Waals surface area contributed by atoms with Crippen molar-refractivity contribution < 1.29 is 14.3 Å². The summed E-state index contributed by atoms with van der Waals surface area (Å²) >= 11 is 0. The van der Waals surface area contributed by atoms with Crippen LogP contribution in [0.3, 0.4) is 0 Å². The summed E-state index contributed by atoms with van der Waals surface area (Å²) in [6.45, 7) is 3.83. The average molecular weight is 380 g/mol. The van der Waals surface area contributed by atoms with Crippen LogP contribution in [-0.2, 0) is 16.0 Å². The van der Waals surface area contributed by atoms with Gasteiger partial charge in [0.2, 0.25) is 11.8 Å². The SMILES string of the molecule is CCCCOc1ccc(N2CC(C(=O)NCCc3ccccc3)CC2=O)cc1. The van der Waals surface area contributed by atoms with Gasteiger partial charge in [0.05, 0.1) is 12.5 Å². The van der Waals surface area contributed by atoms with E-state index in [1.807, 2.05) is 54.6 Å². The van der Waals surface area contributed by atoms with Crippen LogP contribution in [0.4, 0.5) is 5.69 Å². The zero-order chi connectivity index (χ0) is 19.8. The summed E-state index contributed by atoms with van der Waals surface area (Å²) in [7, 11) is 0. The summed E-state index contributed by atoms with van der Waals surface area (Å²) in [5.74, 6) is 0.442. The highest BCUT2D eigenvalue weighted by Gasteiger charge is 2.34. The molecular weight excluding hydrogens is 352 g/mol. The van der Waals surface area contributed by atoms with Gasteiger partial charge in [-0.3, -0.25) is 9.59 Å². The van der Waals surface area contributed by atoms with Crippen LogP contribution in [0.5, 0.6) is 5.75 Å². The van der Waals surface area contributed by atoms with Gasteiger partial charge in [0.15, 0.2) is 0 Å². The van der Waals surface area contributed by atoms with Crippen molar-refractivity contribution >= 4 is 17.5 Å². The van der Waals surface area contributed by atoms with Crippen molar-refractivity contribution in [3.8, 4) is 5.75 Å². The zero-order valence-corrected chi connectivity index (χ0v) is 16.4. The number of amides is 2. The molecule has 0 bridgehead atoms. The van der Waals surface area contributed by atoms with E-state index in [-0.39, 0.29) is 24.2 Å². The van der Waals surface area contributed by atoms with E-state index >= 15 is 0 Å². The number of anilines is 1. The second-order valence-electron chi connectivity index (χ2n) is 7.13. The van der Waals surface area contributed by atoms with E-state index in [1.54, 1.807) is 4.90 Å². The Morgan fingerprint density at radius 1 is 1.14 bits per heavy atom. The standard InChI is InChI=1S/C23H28N2O3/c1-2-3-15-28-21-11-9-20(10-12-21)25-17-19(16-22(25)26)23(27)24-14-13-18-7-5-4-6-8-18/h4-12,19H,2-3,13-17H2,1H3,(H,24,27). The lowest BCUT2D eigenvalue weighted by Crippen LogP contribution is -2.34. The molecule has 1 saturated heterocycles. The number of nitrogens with one attached hydrogen (secondary N) is 1. The topological polar surface area (TPSA) is 58.6 Å². The number of unbranched alkanes of at least 4 members (excludes halogenated alkanes) is 1. The maximum atomic E-state index is 12.4. The first kappa shape index (κ1) is 19.9. The smallest absolute Gasteiger partial charge is 0.227 e. The van der Waals surface area contributed by atoms with E-state index in [9.17, 15) is 9.59 Å². The molecule has 0 radical (unpaired) electrons. The monoisotopic (exact) mass is 380 g/mol. The Balaban J connectivity index is 1.49. The molecule has 2 amide bonds. The minimum Gasteiger partial charge on any atom is -0.494 e. The van der Waals surface area contributed by atoms with Crippen LogP contribution in [0, 0.1) is 5.92 Å². The molecule has 5 nitrogen and oxygen atoms in total. The zero-order valence-electron chi connectivity index (χ0n) is 16.4. The van der Waals surface area contributed by atoms with E-state index in [2.05, 4.69) is 12.2 Å². The summed E-state index contributed by atoms with van der Waals surface area (Å²) in [5, 5.41) is 2.97. The molecule has 2 aromatic carbocycles. The third kappa shape index (κ3) is 5.35. The van der Waals surface area contributed by atoms with Gasteiger partial charge in [0, 0.05) is 25.2 Å². The van der Waals surface area contributed by atoms with Gasteiger partial charge < -0.3 is 15.0 Å². The molecule has 0 aliphatic carbocycles. The molecule has 5 heteroatoms. The number of carbonyl (C=O) groups excluding carboxylic acids is 2. The normalized spacial score (nSPS) is 16.2. The molecule has 1 fully saturated rings. The number of carbonyl (C=O) groups is 2. The lowest BCUT2D eigenvalue weighted by atomic mass is 10.1. The van der Waals surface area contributed by atoms with Gasteiger partial charge in [-0.2, -0.15) is 0 Å². The lowest BCUT2D eigenvalue weighted by Gasteiger charge is -2.17. The van der Waals surface area contributed by atoms with Crippen molar-refractivity contribution in [1.82, 2.24) is 5.32 Å². The van der Waals surface area contributed by atoms with E-state index < -0.39 is 0 Å². The first-order valence-corrected chi connectivity index (χ1v) is 10.0. The van der Waals surface area contributed by atoms with E-state index in [1.165, 1.54) is 5.56 Å². The molecule has 1 atom stereocenters. The molecule has 3 rings (SSSR count). The van der Waals surface area contributed by atoms with Gasteiger partial charge in [-0.05, 0) is 42.7 Å². The molecule has 0 saturated carbocycles. The summed E-state index contributed by atoms with van der Waals surface area (Å²) in [4.78, 5) is 26.5. The fourth-order valence-electron chi connectivity index (χ4n) is 3.31. The Kier molecular flexibility index (Phi) is 7.06. The molecule has 1 N–H and O–H groups in total. The van der Waals surface area contributed by atoms with Crippen LogP contribution in [0.2, 0.25) is 0 Å². The molecule has 28 heavy (non-hydrogen) atoms. The predicted octanol–water partition coefficient (Wildman–Crippen LogP) is 3.58. The van der Waals surface area contributed by atoms with Gasteiger partial charge in [0.25, 0.3) is 0 Å².